The molecule has 0 spiro atoms. The Morgan fingerprint density at radius 2 is 1.94 bits per heavy atom. The predicted octanol–water partition coefficient (Wildman–Crippen LogP) is 1.46. The molecule has 0 amide bonds. The van der Waals surface area contributed by atoms with Crippen molar-refractivity contribution in [3.05, 3.63) is 0 Å². The zero-order valence-electron chi connectivity index (χ0n) is 10.9. The van der Waals surface area contributed by atoms with Crippen molar-refractivity contribution >= 4 is 15.8 Å². The lowest BCUT2D eigenvalue weighted by molar-refractivity contribution is -0.121. The lowest BCUT2D eigenvalue weighted by Crippen LogP contribution is -2.56. The van der Waals surface area contributed by atoms with Crippen LogP contribution in [0.15, 0.2) is 0 Å². The van der Waals surface area contributed by atoms with Crippen LogP contribution in [0, 0.1) is 11.3 Å². The van der Waals surface area contributed by atoms with E-state index in [4.69, 9.17) is 0 Å². The molecule has 4 nitrogen and oxygen atoms in total. The fourth-order valence-corrected chi connectivity index (χ4v) is 6.13. The number of sulfonamides is 1. The van der Waals surface area contributed by atoms with Gasteiger partial charge in [0.15, 0.2) is 5.78 Å². The third kappa shape index (κ3) is 1.45. The third-order valence-corrected chi connectivity index (χ3v) is 7.30. The van der Waals surface area contributed by atoms with Gasteiger partial charge in [0.25, 0.3) is 0 Å². The molecule has 0 aromatic rings. The predicted molar refractivity (Wildman–Crippen MR) is 66.1 cm³/mol. The molecule has 2 aliphatic rings. The van der Waals surface area contributed by atoms with Crippen LogP contribution in [0.3, 0.4) is 0 Å². The third-order valence-electron chi connectivity index (χ3n) is 4.64. The quantitative estimate of drug-likeness (QED) is 0.834. The monoisotopic (exact) mass is 259 g/mol. The molecule has 0 aliphatic heterocycles. The molecule has 2 rings (SSSR count). The summed E-state index contributed by atoms with van der Waals surface area (Å²) in [6.45, 7) is 7.42. The molecule has 0 radical (unpaired) electrons. The molecule has 0 aromatic heterocycles. The Labute approximate surface area is 103 Å². The normalized spacial score (nSPS) is 35.8. The van der Waals surface area contributed by atoms with Crippen LogP contribution < -0.4 is 4.72 Å². The highest BCUT2D eigenvalue weighted by molar-refractivity contribution is 7.91. The molecule has 0 heterocycles. The van der Waals surface area contributed by atoms with Crippen molar-refractivity contribution in [1.29, 1.82) is 0 Å². The second kappa shape index (κ2) is 3.54. The smallest absolute Gasteiger partial charge is 0.225 e. The van der Waals surface area contributed by atoms with Crippen molar-refractivity contribution in [1.82, 2.24) is 4.72 Å². The van der Waals surface area contributed by atoms with Gasteiger partial charge in [0.05, 0.1) is 0 Å². The van der Waals surface area contributed by atoms with Gasteiger partial charge < -0.3 is 0 Å². The van der Waals surface area contributed by atoms with E-state index >= 15 is 0 Å². The highest BCUT2D eigenvalue weighted by atomic mass is 32.2. The number of carbonyl (C=O) groups is 1. The minimum atomic E-state index is -3.59. The van der Waals surface area contributed by atoms with Gasteiger partial charge in [-0.25, -0.2) is 13.1 Å². The van der Waals surface area contributed by atoms with E-state index in [0.717, 1.165) is 6.42 Å². The zero-order valence-corrected chi connectivity index (χ0v) is 11.7. The Hall–Kier alpha value is -0.420. The van der Waals surface area contributed by atoms with Crippen LogP contribution in [0.5, 0.6) is 0 Å². The molecule has 0 saturated heterocycles. The summed E-state index contributed by atoms with van der Waals surface area (Å²) in [6, 6.07) is -0.169. The maximum absolute atomic E-state index is 12.5. The van der Waals surface area contributed by atoms with Crippen LogP contribution in [0.1, 0.15) is 47.0 Å². The average molecular weight is 259 g/mol. The first-order valence-corrected chi connectivity index (χ1v) is 7.68. The lowest BCUT2D eigenvalue weighted by Gasteiger charge is -2.36. The van der Waals surface area contributed by atoms with E-state index in [-0.39, 0.29) is 17.7 Å². The van der Waals surface area contributed by atoms with Crippen molar-refractivity contribution in [3.63, 3.8) is 0 Å². The summed E-state index contributed by atoms with van der Waals surface area (Å²) >= 11 is 0. The number of fused-ring (bicyclic) bond motifs is 2. The molecule has 2 saturated carbocycles. The molecule has 17 heavy (non-hydrogen) atoms. The number of ketones is 1. The van der Waals surface area contributed by atoms with E-state index in [1.165, 1.54) is 0 Å². The fraction of sp³-hybridized carbons (Fsp3) is 0.917. The van der Waals surface area contributed by atoms with Gasteiger partial charge in [-0.15, -0.1) is 0 Å². The first-order chi connectivity index (χ1) is 7.65. The molecular formula is C12H21NO3S. The lowest BCUT2D eigenvalue weighted by atomic mass is 9.81. The number of hydrogen-bond donors (Lipinski definition) is 1. The topological polar surface area (TPSA) is 63.2 Å². The van der Waals surface area contributed by atoms with E-state index in [9.17, 15) is 13.2 Å². The van der Waals surface area contributed by atoms with E-state index in [0.29, 0.717) is 12.8 Å². The molecule has 2 fully saturated rings. The molecule has 2 aliphatic carbocycles. The molecule has 98 valence electrons. The standard InChI is InChI=1S/C12H21NO3S/c1-8(2)13-17(15,16)12-6-5-9(7-10(12)14)11(12,3)4/h8-9,13H,5-7H2,1-4H3/t9?,12-/m0/s1. The summed E-state index contributed by atoms with van der Waals surface area (Å²) in [5, 5.41) is 0. The Kier molecular flexibility index (Phi) is 2.71. The van der Waals surface area contributed by atoms with Crippen LogP contribution in [0.4, 0.5) is 0 Å². The molecule has 1 unspecified atom stereocenters. The van der Waals surface area contributed by atoms with Crippen LogP contribution in [-0.4, -0.2) is 25.0 Å². The van der Waals surface area contributed by atoms with Gasteiger partial charge in [0.2, 0.25) is 10.0 Å². The number of rotatable bonds is 3. The number of hydrogen-bond acceptors (Lipinski definition) is 3. The average Bonchev–Trinajstić information content (AvgIpc) is 2.48. The maximum atomic E-state index is 12.5. The molecular weight excluding hydrogens is 238 g/mol. The molecule has 0 aromatic carbocycles. The van der Waals surface area contributed by atoms with Gasteiger partial charge in [0, 0.05) is 12.5 Å². The minimum Gasteiger partial charge on any atom is -0.298 e. The Morgan fingerprint density at radius 3 is 2.29 bits per heavy atom. The summed E-state index contributed by atoms with van der Waals surface area (Å²) in [5.41, 5.74) is -0.440. The van der Waals surface area contributed by atoms with E-state index in [2.05, 4.69) is 4.72 Å². The van der Waals surface area contributed by atoms with Gasteiger partial charge in [-0.05, 0) is 38.0 Å². The molecule has 2 atom stereocenters. The van der Waals surface area contributed by atoms with E-state index in [1.54, 1.807) is 13.8 Å². The number of Topliss-reactive ketones (excluding diaryl/α,β-unsaturated/α-hetero) is 1. The SMILES string of the molecule is CC(C)NS(=O)(=O)[C@@]12CCC(CC1=O)C2(C)C. The van der Waals surface area contributed by atoms with Gasteiger partial charge in [-0.2, -0.15) is 0 Å². The summed E-state index contributed by atoms with van der Waals surface area (Å²) in [4.78, 5) is 12.2. The number of carbonyl (C=O) groups excluding carboxylic acids is 1. The second-order valence-corrected chi connectivity index (χ2v) is 8.13. The van der Waals surface area contributed by atoms with Gasteiger partial charge >= 0.3 is 0 Å². The fourth-order valence-electron chi connectivity index (χ4n) is 3.68. The molecule has 1 N–H and O–H groups in total. The van der Waals surface area contributed by atoms with Gasteiger partial charge in [0.1, 0.15) is 4.75 Å². The Bertz CT molecular complexity index is 452. The minimum absolute atomic E-state index is 0.0908. The zero-order chi connectivity index (χ0) is 13.1. The Morgan fingerprint density at radius 1 is 1.35 bits per heavy atom. The van der Waals surface area contributed by atoms with Crippen LogP contribution in [0.2, 0.25) is 0 Å². The van der Waals surface area contributed by atoms with E-state index in [1.807, 2.05) is 13.8 Å². The van der Waals surface area contributed by atoms with Crippen molar-refractivity contribution < 1.29 is 13.2 Å². The molecule has 2 bridgehead atoms. The van der Waals surface area contributed by atoms with Crippen LogP contribution in [0.25, 0.3) is 0 Å². The first kappa shape index (κ1) is 13.0. The van der Waals surface area contributed by atoms with Gasteiger partial charge in [-0.3, -0.25) is 4.79 Å². The summed E-state index contributed by atoms with van der Waals surface area (Å²) in [6.07, 6.45) is 1.75. The highest BCUT2D eigenvalue weighted by Crippen LogP contribution is 2.61. The van der Waals surface area contributed by atoms with E-state index < -0.39 is 20.2 Å². The Balaban J connectivity index is 2.52. The van der Waals surface area contributed by atoms with Crippen molar-refractivity contribution in [2.75, 3.05) is 0 Å². The van der Waals surface area contributed by atoms with Crippen LogP contribution in [-0.2, 0) is 14.8 Å². The van der Waals surface area contributed by atoms with Gasteiger partial charge in [-0.1, -0.05) is 13.8 Å². The van der Waals surface area contributed by atoms with Crippen molar-refractivity contribution in [3.8, 4) is 0 Å². The largest absolute Gasteiger partial charge is 0.298 e. The summed E-state index contributed by atoms with van der Waals surface area (Å²) < 4.78 is 26.5. The number of nitrogens with one attached hydrogen (secondary N) is 1. The van der Waals surface area contributed by atoms with Crippen LogP contribution >= 0.6 is 0 Å². The first-order valence-electron chi connectivity index (χ1n) is 6.20. The van der Waals surface area contributed by atoms with Crippen molar-refractivity contribution in [2.45, 2.75) is 57.7 Å². The van der Waals surface area contributed by atoms with Crippen molar-refractivity contribution in [2.24, 2.45) is 11.3 Å². The maximum Gasteiger partial charge on any atom is 0.225 e. The highest BCUT2D eigenvalue weighted by Gasteiger charge is 2.70. The second-order valence-electron chi connectivity index (χ2n) is 6.19. The summed E-state index contributed by atoms with van der Waals surface area (Å²) in [7, 11) is -3.59. The summed E-state index contributed by atoms with van der Waals surface area (Å²) in [5.74, 6) is 0.130. The molecule has 5 heteroatoms.